The third kappa shape index (κ3) is 4.20. The number of nitrogens with two attached hydrogens (primary N) is 2. The van der Waals surface area contributed by atoms with Crippen LogP contribution in [0.3, 0.4) is 0 Å². The summed E-state index contributed by atoms with van der Waals surface area (Å²) in [5.41, 5.74) is 18.0. The summed E-state index contributed by atoms with van der Waals surface area (Å²) < 4.78 is 0. The smallest absolute Gasteiger partial charge is 0.201 e. The standard InChI is InChI=1S/C19H18N6/c20-15-10-4-6-12-17(15)22-24-19(14-8-2-1-3-9-14)25-23-18-13-7-5-11-16(18)21/h1-13,22H,20-21H2. The van der Waals surface area contributed by atoms with Crippen LogP contribution in [-0.4, -0.2) is 5.84 Å². The highest BCUT2D eigenvalue weighted by molar-refractivity contribution is 5.99. The Hall–Kier alpha value is -3.67. The lowest BCUT2D eigenvalue weighted by molar-refractivity contribution is 1.22. The van der Waals surface area contributed by atoms with Gasteiger partial charge in [0.1, 0.15) is 5.69 Å². The van der Waals surface area contributed by atoms with Crippen LogP contribution >= 0.6 is 0 Å². The van der Waals surface area contributed by atoms with Crippen LogP contribution in [0.15, 0.2) is 94.2 Å². The molecule has 0 saturated heterocycles. The molecule has 0 amide bonds. The Balaban J connectivity index is 1.92. The number of hydrogen-bond acceptors (Lipinski definition) is 5. The molecular formula is C19H18N6. The van der Waals surface area contributed by atoms with Gasteiger partial charge in [0.15, 0.2) is 0 Å². The highest BCUT2D eigenvalue weighted by Gasteiger charge is 2.04. The second-order valence-electron chi connectivity index (χ2n) is 5.26. The molecule has 0 aliphatic carbocycles. The summed E-state index contributed by atoms with van der Waals surface area (Å²) in [5.74, 6) is 0.423. The molecule has 0 bridgehead atoms. The number of para-hydroxylation sites is 3. The van der Waals surface area contributed by atoms with Crippen LogP contribution in [0.5, 0.6) is 0 Å². The van der Waals surface area contributed by atoms with E-state index >= 15 is 0 Å². The maximum absolute atomic E-state index is 5.93. The van der Waals surface area contributed by atoms with Crippen molar-refractivity contribution in [3.63, 3.8) is 0 Å². The highest BCUT2D eigenvalue weighted by Crippen LogP contribution is 2.22. The van der Waals surface area contributed by atoms with Gasteiger partial charge in [-0.1, -0.05) is 54.6 Å². The van der Waals surface area contributed by atoms with E-state index in [0.29, 0.717) is 28.6 Å². The van der Waals surface area contributed by atoms with Gasteiger partial charge in [-0.05, 0) is 24.3 Å². The quantitative estimate of drug-likeness (QED) is 0.217. The molecule has 6 heteroatoms. The molecule has 3 aromatic carbocycles. The fraction of sp³-hybridized carbons (Fsp3) is 0. The number of nitrogens with zero attached hydrogens (tertiary/aromatic N) is 3. The lowest BCUT2D eigenvalue weighted by atomic mass is 10.2. The summed E-state index contributed by atoms with van der Waals surface area (Å²) in [6, 6.07) is 24.2. The predicted molar refractivity (Wildman–Crippen MR) is 103 cm³/mol. The van der Waals surface area contributed by atoms with Gasteiger partial charge in [0.25, 0.3) is 0 Å². The van der Waals surface area contributed by atoms with Gasteiger partial charge < -0.3 is 11.5 Å². The minimum absolute atomic E-state index is 0.423. The monoisotopic (exact) mass is 330 g/mol. The molecule has 3 aromatic rings. The van der Waals surface area contributed by atoms with E-state index in [4.69, 9.17) is 11.5 Å². The summed E-state index contributed by atoms with van der Waals surface area (Å²) >= 11 is 0. The first kappa shape index (κ1) is 16.2. The Morgan fingerprint density at radius 3 is 2.08 bits per heavy atom. The van der Waals surface area contributed by atoms with Gasteiger partial charge in [-0.15, -0.1) is 10.2 Å². The van der Waals surface area contributed by atoms with Gasteiger partial charge in [-0.25, -0.2) is 0 Å². The minimum atomic E-state index is 0.423. The van der Waals surface area contributed by atoms with Crippen LogP contribution in [-0.2, 0) is 0 Å². The van der Waals surface area contributed by atoms with Crippen molar-refractivity contribution < 1.29 is 0 Å². The molecule has 5 N–H and O–H groups in total. The summed E-state index contributed by atoms with van der Waals surface area (Å²) in [7, 11) is 0. The number of hydrogen-bond donors (Lipinski definition) is 3. The Morgan fingerprint density at radius 2 is 1.36 bits per heavy atom. The maximum Gasteiger partial charge on any atom is 0.201 e. The molecule has 0 fully saturated rings. The Bertz CT molecular complexity index is 903. The summed E-state index contributed by atoms with van der Waals surface area (Å²) in [4.78, 5) is 0. The molecule has 0 radical (unpaired) electrons. The fourth-order valence-electron chi connectivity index (χ4n) is 2.12. The zero-order chi connectivity index (χ0) is 17.5. The van der Waals surface area contributed by atoms with E-state index in [9.17, 15) is 0 Å². The van der Waals surface area contributed by atoms with Gasteiger partial charge >= 0.3 is 0 Å². The molecule has 0 aromatic heterocycles. The highest BCUT2D eigenvalue weighted by atomic mass is 15.3. The summed E-state index contributed by atoms with van der Waals surface area (Å²) in [6.45, 7) is 0. The van der Waals surface area contributed by atoms with Crippen LogP contribution in [0, 0.1) is 0 Å². The second kappa shape index (κ2) is 7.74. The van der Waals surface area contributed by atoms with Crippen molar-refractivity contribution in [1.82, 2.24) is 0 Å². The molecule has 0 saturated carbocycles. The van der Waals surface area contributed by atoms with E-state index in [1.54, 1.807) is 18.2 Å². The van der Waals surface area contributed by atoms with E-state index < -0.39 is 0 Å². The van der Waals surface area contributed by atoms with Crippen molar-refractivity contribution in [2.75, 3.05) is 16.9 Å². The van der Waals surface area contributed by atoms with E-state index in [1.165, 1.54) is 0 Å². The van der Waals surface area contributed by atoms with Crippen molar-refractivity contribution >= 4 is 28.6 Å². The van der Waals surface area contributed by atoms with Gasteiger partial charge in [0.05, 0.1) is 17.1 Å². The molecule has 0 aliphatic heterocycles. The Labute approximate surface area is 145 Å². The van der Waals surface area contributed by atoms with Gasteiger partial charge in [-0.3, -0.25) is 5.43 Å². The number of hydrazone groups is 1. The predicted octanol–water partition coefficient (Wildman–Crippen LogP) is 4.41. The van der Waals surface area contributed by atoms with Gasteiger partial charge in [0.2, 0.25) is 5.84 Å². The number of rotatable bonds is 4. The van der Waals surface area contributed by atoms with Crippen molar-refractivity contribution in [3.05, 3.63) is 84.4 Å². The van der Waals surface area contributed by atoms with E-state index in [0.717, 1.165) is 5.56 Å². The van der Waals surface area contributed by atoms with Crippen molar-refractivity contribution in [3.8, 4) is 0 Å². The molecule has 0 atom stereocenters. The number of anilines is 3. The van der Waals surface area contributed by atoms with Crippen LogP contribution < -0.4 is 16.9 Å². The minimum Gasteiger partial charge on any atom is -0.397 e. The molecule has 124 valence electrons. The van der Waals surface area contributed by atoms with E-state index in [-0.39, 0.29) is 0 Å². The van der Waals surface area contributed by atoms with Gasteiger partial charge in [-0.2, -0.15) is 5.10 Å². The molecule has 0 spiro atoms. The Kier molecular flexibility index (Phi) is 5.01. The number of nitrogens with one attached hydrogen (secondary N) is 1. The summed E-state index contributed by atoms with van der Waals surface area (Å²) in [5, 5.41) is 12.8. The van der Waals surface area contributed by atoms with Gasteiger partial charge in [0, 0.05) is 5.56 Å². The Morgan fingerprint density at radius 1 is 0.720 bits per heavy atom. The van der Waals surface area contributed by atoms with E-state index in [2.05, 4.69) is 20.8 Å². The van der Waals surface area contributed by atoms with E-state index in [1.807, 2.05) is 60.7 Å². The van der Waals surface area contributed by atoms with Crippen molar-refractivity contribution in [1.29, 1.82) is 0 Å². The lowest BCUT2D eigenvalue weighted by Crippen LogP contribution is -2.02. The topological polar surface area (TPSA) is 101 Å². The SMILES string of the molecule is Nc1ccccc1N=NC(=NNc1ccccc1N)c1ccccc1. The first-order valence-corrected chi connectivity index (χ1v) is 7.74. The first-order valence-electron chi connectivity index (χ1n) is 7.74. The van der Waals surface area contributed by atoms with Crippen LogP contribution in [0.2, 0.25) is 0 Å². The molecule has 3 rings (SSSR count). The molecule has 0 aliphatic rings. The average Bonchev–Trinajstić information content (AvgIpc) is 2.65. The number of azo groups is 1. The van der Waals surface area contributed by atoms with Crippen LogP contribution in [0.25, 0.3) is 0 Å². The maximum atomic E-state index is 5.93. The summed E-state index contributed by atoms with van der Waals surface area (Å²) in [6.07, 6.45) is 0. The molecular weight excluding hydrogens is 312 g/mol. The third-order valence-corrected chi connectivity index (χ3v) is 3.46. The largest absolute Gasteiger partial charge is 0.397 e. The molecule has 25 heavy (non-hydrogen) atoms. The molecule has 0 heterocycles. The normalized spacial score (nSPS) is 11.6. The van der Waals surface area contributed by atoms with Crippen LogP contribution in [0.4, 0.5) is 22.7 Å². The number of amidine groups is 1. The van der Waals surface area contributed by atoms with Crippen molar-refractivity contribution in [2.24, 2.45) is 15.3 Å². The first-order chi connectivity index (χ1) is 12.2. The second-order valence-corrected chi connectivity index (χ2v) is 5.26. The number of nitrogen functional groups attached to an aromatic ring is 2. The molecule has 6 nitrogen and oxygen atoms in total. The number of benzene rings is 3. The van der Waals surface area contributed by atoms with Crippen molar-refractivity contribution in [2.45, 2.75) is 0 Å². The van der Waals surface area contributed by atoms with Crippen LogP contribution in [0.1, 0.15) is 5.56 Å². The third-order valence-electron chi connectivity index (χ3n) is 3.46. The molecule has 0 unspecified atom stereocenters. The zero-order valence-electron chi connectivity index (χ0n) is 13.5. The lowest BCUT2D eigenvalue weighted by Gasteiger charge is -2.06. The fourth-order valence-corrected chi connectivity index (χ4v) is 2.12. The average molecular weight is 330 g/mol. The zero-order valence-corrected chi connectivity index (χ0v) is 13.5.